The smallest absolute Gasteiger partial charge is 0.409 e. The number of hydrogen-bond acceptors (Lipinski definition) is 2. The molecule has 0 heterocycles. The zero-order valence-corrected chi connectivity index (χ0v) is 16.2. The van der Waals surface area contributed by atoms with Gasteiger partial charge in [-0.15, -0.1) is 0 Å². The van der Waals surface area contributed by atoms with Crippen molar-refractivity contribution in [2.45, 2.75) is 97.8 Å². The molecule has 0 aliphatic heterocycles. The highest BCUT2D eigenvalue weighted by atomic mass is 16.6. The molecule has 0 N–H and O–H groups in total. The molecule has 0 aromatic rings. The first-order valence-electron chi connectivity index (χ1n) is 10.0. The van der Waals surface area contributed by atoms with Crippen molar-refractivity contribution in [1.82, 2.24) is 4.90 Å². The van der Waals surface area contributed by atoms with Gasteiger partial charge in [0.1, 0.15) is 0 Å². The van der Waals surface area contributed by atoms with Crippen molar-refractivity contribution in [3.05, 3.63) is 0 Å². The summed E-state index contributed by atoms with van der Waals surface area (Å²) < 4.78 is 5.50. The first kappa shape index (κ1) is 22.3. The van der Waals surface area contributed by atoms with Crippen molar-refractivity contribution < 1.29 is 9.53 Å². The Hall–Kier alpha value is -0.730. The highest BCUT2D eigenvalue weighted by molar-refractivity contribution is 5.67. The molecule has 0 aliphatic rings. The Morgan fingerprint density at radius 3 is 1.74 bits per heavy atom. The maximum absolute atomic E-state index is 11.8. The van der Waals surface area contributed by atoms with Gasteiger partial charge in [-0.2, -0.15) is 0 Å². The van der Waals surface area contributed by atoms with Crippen LogP contribution >= 0.6 is 0 Å². The number of nitrogens with zero attached hydrogens (tertiary/aromatic N) is 1. The summed E-state index contributed by atoms with van der Waals surface area (Å²) >= 11 is 0. The average molecular weight is 328 g/mol. The van der Waals surface area contributed by atoms with Crippen LogP contribution in [0.15, 0.2) is 0 Å². The average Bonchev–Trinajstić information content (AvgIpc) is 2.57. The fourth-order valence-electron chi connectivity index (χ4n) is 2.81. The molecule has 0 aromatic carbocycles. The van der Waals surface area contributed by atoms with Gasteiger partial charge in [-0.1, -0.05) is 78.1 Å². The molecular formula is C20H41NO2. The summed E-state index contributed by atoms with van der Waals surface area (Å²) in [4.78, 5) is 13.5. The van der Waals surface area contributed by atoms with E-state index in [0.717, 1.165) is 0 Å². The zero-order valence-electron chi connectivity index (χ0n) is 16.2. The third-order valence-electron chi connectivity index (χ3n) is 4.66. The summed E-state index contributed by atoms with van der Waals surface area (Å²) in [5.74, 6) is 0.549. The monoisotopic (exact) mass is 327 g/mol. The van der Waals surface area contributed by atoms with Crippen LogP contribution < -0.4 is 0 Å². The Morgan fingerprint density at radius 1 is 0.826 bits per heavy atom. The van der Waals surface area contributed by atoms with Crippen LogP contribution in [0.4, 0.5) is 4.79 Å². The summed E-state index contributed by atoms with van der Waals surface area (Å²) in [6.45, 7) is 7.79. The third kappa shape index (κ3) is 13.4. The van der Waals surface area contributed by atoms with Crippen LogP contribution in [0.2, 0.25) is 0 Å². The van der Waals surface area contributed by atoms with Gasteiger partial charge in [0, 0.05) is 13.6 Å². The predicted octanol–water partition coefficient (Wildman–Crippen LogP) is 6.41. The molecule has 0 unspecified atom stereocenters. The second kappa shape index (κ2) is 16.1. The molecule has 0 aromatic heterocycles. The predicted molar refractivity (Wildman–Crippen MR) is 99.9 cm³/mol. The maximum atomic E-state index is 11.8. The summed E-state index contributed by atoms with van der Waals surface area (Å²) in [6.07, 6.45) is 15.4. The van der Waals surface area contributed by atoms with E-state index in [0.29, 0.717) is 19.1 Å². The van der Waals surface area contributed by atoms with E-state index >= 15 is 0 Å². The number of unbranched alkanes of at least 4 members (excludes halogenated alkanes) is 8. The standard InChI is InChI=1S/C20H41NO2/c1-5-8-10-12-14-16-19(17-15-13-11-9-6-2)18-23-20(22)21(4)7-3/h19H,5-18H2,1-4H3. The number of amides is 1. The quantitative estimate of drug-likeness (QED) is 0.325. The van der Waals surface area contributed by atoms with E-state index < -0.39 is 0 Å². The number of hydrogen-bond donors (Lipinski definition) is 0. The molecule has 0 saturated heterocycles. The molecule has 1 amide bonds. The Morgan fingerprint density at radius 2 is 1.30 bits per heavy atom. The van der Waals surface area contributed by atoms with Crippen LogP contribution in [0.25, 0.3) is 0 Å². The van der Waals surface area contributed by atoms with Crippen LogP contribution in [-0.2, 0) is 4.74 Å². The number of rotatable bonds is 15. The van der Waals surface area contributed by atoms with E-state index in [9.17, 15) is 4.79 Å². The Balaban J connectivity index is 4.02. The third-order valence-corrected chi connectivity index (χ3v) is 4.66. The Labute approximate surface area is 145 Å². The molecule has 0 rings (SSSR count). The van der Waals surface area contributed by atoms with Gasteiger partial charge >= 0.3 is 6.09 Å². The summed E-state index contributed by atoms with van der Waals surface area (Å²) in [5.41, 5.74) is 0. The minimum absolute atomic E-state index is 0.172. The minimum Gasteiger partial charge on any atom is -0.449 e. The number of carbonyl (C=O) groups is 1. The molecule has 0 saturated carbocycles. The highest BCUT2D eigenvalue weighted by Crippen LogP contribution is 2.19. The maximum Gasteiger partial charge on any atom is 0.409 e. The van der Waals surface area contributed by atoms with Gasteiger partial charge in [-0.05, 0) is 25.7 Å². The van der Waals surface area contributed by atoms with Gasteiger partial charge in [-0.3, -0.25) is 0 Å². The lowest BCUT2D eigenvalue weighted by molar-refractivity contribution is 0.0917. The SMILES string of the molecule is CCCCCCCC(CCCCCCC)COC(=O)N(C)CC. The fourth-order valence-corrected chi connectivity index (χ4v) is 2.81. The second-order valence-electron chi connectivity index (χ2n) is 6.86. The van der Waals surface area contributed by atoms with Gasteiger partial charge in [0.15, 0.2) is 0 Å². The first-order valence-corrected chi connectivity index (χ1v) is 10.0. The van der Waals surface area contributed by atoms with Crippen LogP contribution in [0.1, 0.15) is 97.8 Å². The van der Waals surface area contributed by atoms with E-state index in [1.807, 2.05) is 6.92 Å². The van der Waals surface area contributed by atoms with Crippen molar-refractivity contribution in [1.29, 1.82) is 0 Å². The normalized spacial score (nSPS) is 11.0. The van der Waals surface area contributed by atoms with Gasteiger partial charge in [0.25, 0.3) is 0 Å². The van der Waals surface area contributed by atoms with Crippen molar-refractivity contribution in [3.63, 3.8) is 0 Å². The molecule has 0 fully saturated rings. The molecule has 0 bridgehead atoms. The molecule has 3 nitrogen and oxygen atoms in total. The Bertz CT molecular complexity index is 254. The van der Waals surface area contributed by atoms with E-state index in [2.05, 4.69) is 13.8 Å². The first-order chi connectivity index (χ1) is 11.2. The fraction of sp³-hybridized carbons (Fsp3) is 0.950. The van der Waals surface area contributed by atoms with Crippen LogP contribution in [0.3, 0.4) is 0 Å². The Kier molecular flexibility index (Phi) is 15.6. The van der Waals surface area contributed by atoms with E-state index in [1.165, 1.54) is 77.0 Å². The lowest BCUT2D eigenvalue weighted by atomic mass is 9.95. The van der Waals surface area contributed by atoms with Gasteiger partial charge < -0.3 is 9.64 Å². The zero-order chi connectivity index (χ0) is 17.3. The summed E-state index contributed by atoms with van der Waals surface area (Å²) in [5, 5.41) is 0. The molecule has 3 heteroatoms. The molecule has 0 atom stereocenters. The molecule has 23 heavy (non-hydrogen) atoms. The largest absolute Gasteiger partial charge is 0.449 e. The molecule has 138 valence electrons. The molecule has 0 spiro atoms. The van der Waals surface area contributed by atoms with Crippen LogP contribution in [0.5, 0.6) is 0 Å². The molecule has 0 aliphatic carbocycles. The van der Waals surface area contributed by atoms with Crippen molar-refractivity contribution >= 4 is 6.09 Å². The van der Waals surface area contributed by atoms with E-state index in [4.69, 9.17) is 4.74 Å². The topological polar surface area (TPSA) is 29.5 Å². The number of carbonyl (C=O) groups excluding carboxylic acids is 1. The summed E-state index contributed by atoms with van der Waals surface area (Å²) in [7, 11) is 1.80. The van der Waals surface area contributed by atoms with E-state index in [-0.39, 0.29) is 6.09 Å². The van der Waals surface area contributed by atoms with Crippen molar-refractivity contribution in [2.75, 3.05) is 20.2 Å². The highest BCUT2D eigenvalue weighted by Gasteiger charge is 2.14. The molecular weight excluding hydrogens is 286 g/mol. The van der Waals surface area contributed by atoms with Crippen molar-refractivity contribution in [3.8, 4) is 0 Å². The molecule has 0 radical (unpaired) electrons. The summed E-state index contributed by atoms with van der Waals surface area (Å²) in [6, 6.07) is 0. The van der Waals surface area contributed by atoms with Crippen molar-refractivity contribution in [2.24, 2.45) is 5.92 Å². The number of ether oxygens (including phenoxy) is 1. The van der Waals surface area contributed by atoms with Gasteiger partial charge in [0.05, 0.1) is 6.61 Å². The second-order valence-corrected chi connectivity index (χ2v) is 6.86. The minimum atomic E-state index is -0.172. The lowest BCUT2D eigenvalue weighted by Crippen LogP contribution is -2.28. The van der Waals surface area contributed by atoms with Crippen LogP contribution in [-0.4, -0.2) is 31.2 Å². The van der Waals surface area contributed by atoms with Gasteiger partial charge in [-0.25, -0.2) is 4.79 Å². The van der Waals surface area contributed by atoms with E-state index in [1.54, 1.807) is 11.9 Å². The lowest BCUT2D eigenvalue weighted by Gasteiger charge is -2.20. The van der Waals surface area contributed by atoms with Crippen LogP contribution in [0, 0.1) is 5.92 Å². The van der Waals surface area contributed by atoms with Gasteiger partial charge in [0.2, 0.25) is 0 Å².